The van der Waals surface area contributed by atoms with Crippen LogP contribution in [0.3, 0.4) is 0 Å². The van der Waals surface area contributed by atoms with Crippen LogP contribution >= 0.6 is 15.9 Å². The summed E-state index contributed by atoms with van der Waals surface area (Å²) in [5, 5.41) is 9.61. The van der Waals surface area contributed by atoms with E-state index < -0.39 is 6.10 Å². The van der Waals surface area contributed by atoms with Crippen molar-refractivity contribution in [2.24, 2.45) is 5.73 Å². The van der Waals surface area contributed by atoms with Gasteiger partial charge in [-0.15, -0.1) is 0 Å². The molecule has 1 aromatic carbocycles. The first-order chi connectivity index (χ1) is 6.60. The predicted molar refractivity (Wildman–Crippen MR) is 59.4 cm³/mol. The Labute approximate surface area is 92.0 Å². The molecule has 78 valence electrons. The normalized spacial score (nSPS) is 12.6. The number of methoxy groups -OCH3 is 1. The molecule has 0 aliphatic carbocycles. The molecular formula is C10H14BrNO2. The van der Waals surface area contributed by atoms with Crippen molar-refractivity contribution in [2.75, 3.05) is 13.7 Å². The van der Waals surface area contributed by atoms with Gasteiger partial charge in [-0.2, -0.15) is 0 Å². The second-order valence-electron chi connectivity index (χ2n) is 3.09. The van der Waals surface area contributed by atoms with Gasteiger partial charge < -0.3 is 15.6 Å². The Bertz CT molecular complexity index is 328. The fraction of sp³-hybridized carbons (Fsp3) is 0.400. The number of aliphatic hydroxyl groups excluding tert-OH is 1. The zero-order valence-electron chi connectivity index (χ0n) is 8.25. The van der Waals surface area contributed by atoms with Crippen LogP contribution in [0.25, 0.3) is 0 Å². The van der Waals surface area contributed by atoms with E-state index in [1.807, 2.05) is 19.1 Å². The second kappa shape index (κ2) is 4.77. The Hall–Kier alpha value is -0.580. The van der Waals surface area contributed by atoms with Crippen LogP contribution in [0, 0.1) is 6.92 Å². The smallest absolute Gasteiger partial charge is 0.133 e. The molecule has 1 rings (SSSR count). The van der Waals surface area contributed by atoms with E-state index in [-0.39, 0.29) is 6.54 Å². The highest BCUT2D eigenvalue weighted by atomic mass is 79.9. The summed E-state index contributed by atoms with van der Waals surface area (Å²) in [4.78, 5) is 0. The number of hydrogen-bond donors (Lipinski definition) is 2. The van der Waals surface area contributed by atoms with Crippen LogP contribution in [-0.2, 0) is 0 Å². The first-order valence-electron chi connectivity index (χ1n) is 4.32. The molecule has 0 saturated carbocycles. The van der Waals surface area contributed by atoms with Gasteiger partial charge in [-0.1, -0.05) is 0 Å². The molecule has 1 aromatic rings. The monoisotopic (exact) mass is 259 g/mol. The highest BCUT2D eigenvalue weighted by molar-refractivity contribution is 9.10. The highest BCUT2D eigenvalue weighted by Gasteiger charge is 2.11. The molecule has 14 heavy (non-hydrogen) atoms. The van der Waals surface area contributed by atoms with Gasteiger partial charge in [-0.3, -0.25) is 0 Å². The molecule has 4 heteroatoms. The molecule has 0 bridgehead atoms. The zero-order chi connectivity index (χ0) is 10.7. The van der Waals surface area contributed by atoms with Crippen molar-refractivity contribution in [2.45, 2.75) is 13.0 Å². The maximum absolute atomic E-state index is 9.61. The van der Waals surface area contributed by atoms with Gasteiger partial charge in [0.05, 0.1) is 17.7 Å². The van der Waals surface area contributed by atoms with Crippen molar-refractivity contribution in [1.82, 2.24) is 0 Å². The fourth-order valence-corrected chi connectivity index (χ4v) is 1.84. The summed E-state index contributed by atoms with van der Waals surface area (Å²) in [6, 6.07) is 3.71. The van der Waals surface area contributed by atoms with Crippen LogP contribution in [0.5, 0.6) is 5.75 Å². The molecule has 0 aromatic heterocycles. The molecule has 1 unspecified atom stereocenters. The van der Waals surface area contributed by atoms with Gasteiger partial charge in [0.25, 0.3) is 0 Å². The number of halogens is 1. The van der Waals surface area contributed by atoms with Gasteiger partial charge in [0, 0.05) is 6.54 Å². The first-order valence-corrected chi connectivity index (χ1v) is 5.11. The van der Waals surface area contributed by atoms with Gasteiger partial charge in [-0.05, 0) is 46.1 Å². The lowest BCUT2D eigenvalue weighted by atomic mass is 10.0. The summed E-state index contributed by atoms with van der Waals surface area (Å²) in [5.74, 6) is 0.760. The minimum absolute atomic E-state index is 0.222. The van der Waals surface area contributed by atoms with Crippen LogP contribution < -0.4 is 10.5 Å². The topological polar surface area (TPSA) is 55.5 Å². The number of aliphatic hydroxyl groups is 1. The molecule has 0 fully saturated rings. The van der Waals surface area contributed by atoms with Crippen molar-refractivity contribution in [3.63, 3.8) is 0 Å². The third-order valence-corrected chi connectivity index (χ3v) is 2.74. The summed E-state index contributed by atoms with van der Waals surface area (Å²) in [7, 11) is 1.61. The lowest BCUT2D eigenvalue weighted by Gasteiger charge is -2.14. The van der Waals surface area contributed by atoms with E-state index in [0.717, 1.165) is 21.3 Å². The molecule has 0 heterocycles. The Morgan fingerprint density at radius 1 is 1.57 bits per heavy atom. The van der Waals surface area contributed by atoms with Crippen molar-refractivity contribution < 1.29 is 9.84 Å². The maximum atomic E-state index is 9.61. The summed E-state index contributed by atoms with van der Waals surface area (Å²) in [6.45, 7) is 2.14. The van der Waals surface area contributed by atoms with Gasteiger partial charge in [0.15, 0.2) is 0 Å². The molecule has 1 atom stereocenters. The largest absolute Gasteiger partial charge is 0.496 e. The second-order valence-corrected chi connectivity index (χ2v) is 3.95. The van der Waals surface area contributed by atoms with E-state index in [9.17, 15) is 5.11 Å². The molecule has 0 amide bonds. The van der Waals surface area contributed by atoms with Gasteiger partial charge in [0.2, 0.25) is 0 Å². The number of nitrogens with two attached hydrogens (primary N) is 1. The number of hydrogen-bond acceptors (Lipinski definition) is 3. The van der Waals surface area contributed by atoms with Crippen LogP contribution in [0.2, 0.25) is 0 Å². The summed E-state index contributed by atoms with van der Waals surface area (Å²) >= 11 is 3.36. The van der Waals surface area contributed by atoms with Crippen LogP contribution in [-0.4, -0.2) is 18.8 Å². The first kappa shape index (κ1) is 11.5. The van der Waals surface area contributed by atoms with E-state index >= 15 is 0 Å². The number of aryl methyl sites for hydroxylation is 1. The van der Waals surface area contributed by atoms with Crippen LogP contribution in [0.1, 0.15) is 17.2 Å². The van der Waals surface area contributed by atoms with Gasteiger partial charge in [-0.25, -0.2) is 0 Å². The average molecular weight is 260 g/mol. The molecule has 0 aliphatic heterocycles. The van der Waals surface area contributed by atoms with Crippen molar-refractivity contribution in [3.8, 4) is 5.75 Å². The van der Waals surface area contributed by atoms with E-state index in [0.29, 0.717) is 0 Å². The van der Waals surface area contributed by atoms with Gasteiger partial charge in [0.1, 0.15) is 5.75 Å². The molecule has 0 aliphatic rings. The van der Waals surface area contributed by atoms with Crippen LogP contribution in [0.4, 0.5) is 0 Å². The molecule has 3 nitrogen and oxygen atoms in total. The summed E-state index contributed by atoms with van der Waals surface area (Å²) in [5.41, 5.74) is 7.21. The minimum Gasteiger partial charge on any atom is -0.496 e. The van der Waals surface area contributed by atoms with Crippen LogP contribution in [0.15, 0.2) is 16.6 Å². The number of benzene rings is 1. The lowest BCUT2D eigenvalue weighted by molar-refractivity contribution is 0.186. The van der Waals surface area contributed by atoms with E-state index in [4.69, 9.17) is 10.5 Å². The Morgan fingerprint density at radius 2 is 2.21 bits per heavy atom. The molecule has 0 saturated heterocycles. The molecule has 0 radical (unpaired) electrons. The Morgan fingerprint density at radius 3 is 2.71 bits per heavy atom. The highest BCUT2D eigenvalue weighted by Crippen LogP contribution is 2.30. The Kier molecular flexibility index (Phi) is 3.92. The van der Waals surface area contributed by atoms with E-state index in [1.54, 1.807) is 7.11 Å². The standard InChI is InChI=1S/C10H14BrNO2/c1-6-3-10(14-2)8(11)4-7(6)9(13)5-12/h3-4,9,13H,5,12H2,1-2H3. The molecule has 0 spiro atoms. The third-order valence-electron chi connectivity index (χ3n) is 2.12. The van der Waals surface area contributed by atoms with Crippen molar-refractivity contribution >= 4 is 15.9 Å². The zero-order valence-corrected chi connectivity index (χ0v) is 9.84. The minimum atomic E-state index is -0.614. The van der Waals surface area contributed by atoms with Gasteiger partial charge >= 0.3 is 0 Å². The number of ether oxygens (including phenoxy) is 1. The summed E-state index contributed by atoms with van der Waals surface area (Å²) in [6.07, 6.45) is -0.614. The molecular weight excluding hydrogens is 246 g/mol. The van der Waals surface area contributed by atoms with Crippen molar-refractivity contribution in [3.05, 3.63) is 27.7 Å². The van der Waals surface area contributed by atoms with E-state index in [2.05, 4.69) is 15.9 Å². The fourth-order valence-electron chi connectivity index (χ4n) is 1.31. The molecule has 3 N–H and O–H groups in total. The SMILES string of the molecule is COc1cc(C)c(C(O)CN)cc1Br. The predicted octanol–water partition coefficient (Wildman–Crippen LogP) is 1.76. The Balaban J connectivity index is 3.14. The summed E-state index contributed by atoms with van der Waals surface area (Å²) < 4.78 is 5.96. The lowest BCUT2D eigenvalue weighted by Crippen LogP contribution is -2.12. The van der Waals surface area contributed by atoms with Crippen molar-refractivity contribution in [1.29, 1.82) is 0 Å². The van der Waals surface area contributed by atoms with E-state index in [1.165, 1.54) is 0 Å². The average Bonchev–Trinajstić information content (AvgIpc) is 2.19. The number of rotatable bonds is 3. The quantitative estimate of drug-likeness (QED) is 0.870. The maximum Gasteiger partial charge on any atom is 0.133 e. The third kappa shape index (κ3) is 2.26.